The van der Waals surface area contributed by atoms with Crippen molar-refractivity contribution in [1.29, 1.82) is 0 Å². The van der Waals surface area contributed by atoms with E-state index in [1.165, 1.54) is 0 Å². The highest BCUT2D eigenvalue weighted by Crippen LogP contribution is 2.05. The third kappa shape index (κ3) is 3.38. The van der Waals surface area contributed by atoms with E-state index < -0.39 is 6.04 Å². The SMILES string of the molecule is CCC(C)[C@H](N)C(=O)NCc1ccn(C)c1. The first kappa shape index (κ1) is 12.8. The molecule has 0 aliphatic heterocycles. The van der Waals surface area contributed by atoms with Gasteiger partial charge in [-0.3, -0.25) is 4.79 Å². The number of hydrogen-bond acceptors (Lipinski definition) is 2. The summed E-state index contributed by atoms with van der Waals surface area (Å²) in [6.45, 7) is 4.57. The molecular formula is C12H21N3O. The average Bonchev–Trinajstić information content (AvgIpc) is 2.69. The molecule has 1 heterocycles. The van der Waals surface area contributed by atoms with Crippen LogP contribution in [-0.2, 0) is 18.4 Å². The van der Waals surface area contributed by atoms with Crippen molar-refractivity contribution in [3.05, 3.63) is 24.0 Å². The van der Waals surface area contributed by atoms with Crippen LogP contribution >= 0.6 is 0 Å². The number of hydrogen-bond donors (Lipinski definition) is 2. The predicted octanol–water partition coefficient (Wildman–Crippen LogP) is 1.01. The van der Waals surface area contributed by atoms with Crippen LogP contribution in [0.5, 0.6) is 0 Å². The quantitative estimate of drug-likeness (QED) is 0.782. The second-order valence-corrected chi connectivity index (χ2v) is 4.31. The molecule has 0 spiro atoms. The maximum absolute atomic E-state index is 11.7. The molecule has 16 heavy (non-hydrogen) atoms. The van der Waals surface area contributed by atoms with Gasteiger partial charge in [0.05, 0.1) is 6.04 Å². The van der Waals surface area contributed by atoms with E-state index in [-0.39, 0.29) is 11.8 Å². The average molecular weight is 223 g/mol. The Morgan fingerprint density at radius 2 is 2.31 bits per heavy atom. The molecule has 1 unspecified atom stereocenters. The molecule has 3 N–H and O–H groups in total. The van der Waals surface area contributed by atoms with Crippen LogP contribution in [0.1, 0.15) is 25.8 Å². The number of carbonyl (C=O) groups is 1. The van der Waals surface area contributed by atoms with Gasteiger partial charge in [-0.25, -0.2) is 0 Å². The zero-order valence-corrected chi connectivity index (χ0v) is 10.2. The summed E-state index contributed by atoms with van der Waals surface area (Å²) in [7, 11) is 1.95. The van der Waals surface area contributed by atoms with Crippen molar-refractivity contribution in [2.75, 3.05) is 0 Å². The summed E-state index contributed by atoms with van der Waals surface area (Å²) in [4.78, 5) is 11.7. The van der Waals surface area contributed by atoms with Gasteiger partial charge in [0.1, 0.15) is 0 Å². The summed E-state index contributed by atoms with van der Waals surface area (Å²) in [6.07, 6.45) is 4.85. The van der Waals surface area contributed by atoms with E-state index >= 15 is 0 Å². The van der Waals surface area contributed by atoms with Crippen LogP contribution < -0.4 is 11.1 Å². The molecule has 0 fully saturated rings. The first-order valence-corrected chi connectivity index (χ1v) is 5.68. The van der Waals surface area contributed by atoms with E-state index in [1.54, 1.807) is 0 Å². The zero-order valence-electron chi connectivity index (χ0n) is 10.2. The molecule has 2 atom stereocenters. The van der Waals surface area contributed by atoms with Crippen LogP contribution in [0.4, 0.5) is 0 Å². The maximum atomic E-state index is 11.7. The van der Waals surface area contributed by atoms with Crippen LogP contribution in [0.25, 0.3) is 0 Å². The normalized spacial score (nSPS) is 14.5. The highest BCUT2D eigenvalue weighted by Gasteiger charge is 2.18. The van der Waals surface area contributed by atoms with E-state index in [4.69, 9.17) is 5.73 Å². The van der Waals surface area contributed by atoms with E-state index in [9.17, 15) is 4.79 Å². The van der Waals surface area contributed by atoms with E-state index in [0.29, 0.717) is 6.54 Å². The minimum atomic E-state index is -0.409. The fourth-order valence-corrected chi connectivity index (χ4v) is 1.48. The lowest BCUT2D eigenvalue weighted by atomic mass is 9.99. The minimum Gasteiger partial charge on any atom is -0.357 e. The monoisotopic (exact) mass is 223 g/mol. The Hall–Kier alpha value is -1.29. The molecule has 1 rings (SSSR count). The number of nitrogens with two attached hydrogens (primary N) is 1. The Morgan fingerprint density at radius 1 is 1.62 bits per heavy atom. The van der Waals surface area contributed by atoms with Crippen LogP contribution in [0.15, 0.2) is 18.5 Å². The zero-order chi connectivity index (χ0) is 12.1. The van der Waals surface area contributed by atoms with Crippen molar-refractivity contribution in [2.24, 2.45) is 18.7 Å². The lowest BCUT2D eigenvalue weighted by Crippen LogP contribution is -2.44. The van der Waals surface area contributed by atoms with Gasteiger partial charge in [0.15, 0.2) is 0 Å². The summed E-state index contributed by atoms with van der Waals surface area (Å²) >= 11 is 0. The topological polar surface area (TPSA) is 60.1 Å². The summed E-state index contributed by atoms with van der Waals surface area (Å²) in [5.74, 6) is 0.147. The Kier molecular flexibility index (Phi) is 4.55. The lowest BCUT2D eigenvalue weighted by molar-refractivity contribution is -0.123. The number of aryl methyl sites for hydroxylation is 1. The molecule has 0 saturated heterocycles. The van der Waals surface area contributed by atoms with Crippen molar-refractivity contribution in [3.63, 3.8) is 0 Å². The first-order chi connectivity index (χ1) is 7.54. The Bertz CT molecular complexity index is 346. The van der Waals surface area contributed by atoms with Gasteiger partial charge in [-0.1, -0.05) is 20.3 Å². The summed E-state index contributed by atoms with van der Waals surface area (Å²) in [5.41, 5.74) is 6.91. The van der Waals surface area contributed by atoms with Gasteiger partial charge >= 0.3 is 0 Å². The van der Waals surface area contributed by atoms with Crippen LogP contribution in [0, 0.1) is 5.92 Å². The molecule has 4 nitrogen and oxygen atoms in total. The second-order valence-electron chi connectivity index (χ2n) is 4.31. The third-order valence-corrected chi connectivity index (χ3v) is 2.92. The lowest BCUT2D eigenvalue weighted by Gasteiger charge is -2.17. The largest absolute Gasteiger partial charge is 0.357 e. The van der Waals surface area contributed by atoms with Gasteiger partial charge in [0.2, 0.25) is 5.91 Å². The summed E-state index contributed by atoms with van der Waals surface area (Å²) in [5, 5.41) is 2.85. The van der Waals surface area contributed by atoms with Gasteiger partial charge in [-0.15, -0.1) is 0 Å². The number of amides is 1. The molecule has 1 aromatic rings. The summed E-state index contributed by atoms with van der Waals surface area (Å²) < 4.78 is 1.95. The van der Waals surface area contributed by atoms with Gasteiger partial charge in [0, 0.05) is 26.0 Å². The molecule has 0 aliphatic carbocycles. The molecule has 4 heteroatoms. The van der Waals surface area contributed by atoms with Crippen molar-refractivity contribution < 1.29 is 4.79 Å². The minimum absolute atomic E-state index is 0.0711. The molecule has 1 aromatic heterocycles. The number of aromatic nitrogens is 1. The van der Waals surface area contributed by atoms with Gasteiger partial charge < -0.3 is 15.6 Å². The second kappa shape index (κ2) is 5.70. The molecule has 0 bridgehead atoms. The highest BCUT2D eigenvalue weighted by atomic mass is 16.2. The van der Waals surface area contributed by atoms with Gasteiger partial charge in [0.25, 0.3) is 0 Å². The van der Waals surface area contributed by atoms with Crippen molar-refractivity contribution in [2.45, 2.75) is 32.9 Å². The molecule has 90 valence electrons. The van der Waals surface area contributed by atoms with Crippen LogP contribution in [-0.4, -0.2) is 16.5 Å². The van der Waals surface area contributed by atoms with E-state index in [1.807, 2.05) is 43.9 Å². The Morgan fingerprint density at radius 3 is 2.81 bits per heavy atom. The molecular weight excluding hydrogens is 202 g/mol. The molecule has 1 amide bonds. The predicted molar refractivity (Wildman–Crippen MR) is 64.7 cm³/mol. The van der Waals surface area contributed by atoms with E-state index in [0.717, 1.165) is 12.0 Å². The summed E-state index contributed by atoms with van der Waals surface area (Å²) in [6, 6.07) is 1.57. The smallest absolute Gasteiger partial charge is 0.237 e. The molecule has 0 saturated carbocycles. The number of nitrogens with zero attached hydrogens (tertiary/aromatic N) is 1. The van der Waals surface area contributed by atoms with Crippen molar-refractivity contribution >= 4 is 5.91 Å². The number of rotatable bonds is 5. The van der Waals surface area contributed by atoms with Crippen LogP contribution in [0.2, 0.25) is 0 Å². The molecule has 0 aliphatic rings. The maximum Gasteiger partial charge on any atom is 0.237 e. The fourth-order valence-electron chi connectivity index (χ4n) is 1.48. The first-order valence-electron chi connectivity index (χ1n) is 5.68. The Balaban J connectivity index is 2.40. The molecule has 0 radical (unpaired) electrons. The third-order valence-electron chi connectivity index (χ3n) is 2.92. The van der Waals surface area contributed by atoms with Crippen molar-refractivity contribution in [1.82, 2.24) is 9.88 Å². The van der Waals surface area contributed by atoms with Crippen molar-refractivity contribution in [3.8, 4) is 0 Å². The molecule has 0 aromatic carbocycles. The van der Waals surface area contributed by atoms with Gasteiger partial charge in [-0.2, -0.15) is 0 Å². The Labute approximate surface area is 96.8 Å². The standard InChI is InChI=1S/C12H21N3O/c1-4-9(2)11(13)12(16)14-7-10-5-6-15(3)8-10/h5-6,8-9,11H,4,7,13H2,1-3H3,(H,14,16)/t9?,11-/m0/s1. The number of carbonyl (C=O) groups excluding carboxylic acids is 1. The fraction of sp³-hybridized carbons (Fsp3) is 0.583. The number of nitrogens with one attached hydrogen (secondary N) is 1. The van der Waals surface area contributed by atoms with Gasteiger partial charge in [-0.05, 0) is 17.5 Å². The highest BCUT2D eigenvalue weighted by molar-refractivity contribution is 5.81. The van der Waals surface area contributed by atoms with Crippen LogP contribution in [0.3, 0.4) is 0 Å². The van der Waals surface area contributed by atoms with E-state index in [2.05, 4.69) is 5.32 Å².